The van der Waals surface area contributed by atoms with E-state index in [2.05, 4.69) is 15.6 Å². The van der Waals surface area contributed by atoms with Crippen LogP contribution in [-0.2, 0) is 36.7 Å². The number of nitrogens with zero attached hydrogens (tertiary/aromatic N) is 2. The van der Waals surface area contributed by atoms with Crippen LogP contribution in [0.4, 0.5) is 26.3 Å². The Balaban J connectivity index is 1.42. The third-order valence-corrected chi connectivity index (χ3v) is 6.37. The van der Waals surface area contributed by atoms with E-state index in [-0.39, 0.29) is 11.6 Å². The first-order valence-electron chi connectivity index (χ1n) is 12.0. The van der Waals surface area contributed by atoms with Crippen molar-refractivity contribution < 1.29 is 31.1 Å². The normalized spacial score (nSPS) is 15.9. The molecular formula is C27H26F6N4O. The highest BCUT2D eigenvalue weighted by Crippen LogP contribution is 2.37. The topological polar surface area (TPSA) is 57.3 Å². The third-order valence-electron chi connectivity index (χ3n) is 6.37. The van der Waals surface area contributed by atoms with Crippen LogP contribution in [0, 0.1) is 0 Å². The number of pyridine rings is 1. The molecule has 202 valence electrons. The van der Waals surface area contributed by atoms with Gasteiger partial charge in [0.15, 0.2) is 0 Å². The van der Waals surface area contributed by atoms with Crippen LogP contribution in [0.5, 0.6) is 0 Å². The Bertz CT molecular complexity index is 1210. The first-order valence-corrected chi connectivity index (χ1v) is 12.0. The van der Waals surface area contributed by atoms with Gasteiger partial charge >= 0.3 is 12.4 Å². The van der Waals surface area contributed by atoms with E-state index < -0.39 is 42.0 Å². The standard InChI is InChI=1S/C27H26F6N4O/c28-26(29,30)21-13-19(14-22(15-21)27(31,32)33)16-36-25(38)24-23-4-2-1-3-20(23)17-37(24)12-11-35-10-7-18-5-8-34-9-6-18/h1-6,8-9,13-15,24,35H,7,10-12,16-17H2,(H,36,38). The third kappa shape index (κ3) is 6.90. The molecule has 0 saturated carbocycles. The van der Waals surface area contributed by atoms with Crippen molar-refractivity contribution in [3.63, 3.8) is 0 Å². The average molecular weight is 537 g/mol. The van der Waals surface area contributed by atoms with Gasteiger partial charge in [-0.25, -0.2) is 0 Å². The number of hydrogen-bond donors (Lipinski definition) is 2. The van der Waals surface area contributed by atoms with Crippen LogP contribution in [0.1, 0.15) is 39.4 Å². The first kappa shape index (κ1) is 27.6. The molecule has 4 rings (SSSR count). The van der Waals surface area contributed by atoms with Crippen molar-refractivity contribution in [3.05, 3.63) is 100 Å². The van der Waals surface area contributed by atoms with Gasteiger partial charge in [0.2, 0.25) is 5.91 Å². The van der Waals surface area contributed by atoms with E-state index >= 15 is 0 Å². The second-order valence-corrected chi connectivity index (χ2v) is 9.06. The fraction of sp³-hybridized carbons (Fsp3) is 0.333. The Kier molecular flexibility index (Phi) is 8.37. The predicted octanol–water partition coefficient (Wildman–Crippen LogP) is 5.12. The maximum absolute atomic E-state index is 13.2. The molecule has 3 aromatic rings. The molecule has 38 heavy (non-hydrogen) atoms. The van der Waals surface area contributed by atoms with E-state index in [9.17, 15) is 31.1 Å². The van der Waals surface area contributed by atoms with Crippen molar-refractivity contribution >= 4 is 5.91 Å². The minimum Gasteiger partial charge on any atom is -0.350 e. The number of carbonyl (C=O) groups excluding carboxylic acids is 1. The molecule has 0 radical (unpaired) electrons. The zero-order valence-electron chi connectivity index (χ0n) is 20.2. The zero-order chi connectivity index (χ0) is 27.3. The van der Waals surface area contributed by atoms with E-state index in [4.69, 9.17) is 0 Å². The number of nitrogens with one attached hydrogen (secondary N) is 2. The largest absolute Gasteiger partial charge is 0.416 e. The molecule has 1 unspecified atom stereocenters. The van der Waals surface area contributed by atoms with Crippen molar-refractivity contribution in [2.75, 3.05) is 19.6 Å². The summed E-state index contributed by atoms with van der Waals surface area (Å²) in [5.74, 6) is -0.488. The molecule has 0 aliphatic carbocycles. The number of benzene rings is 2. The van der Waals surface area contributed by atoms with E-state index in [0.29, 0.717) is 31.8 Å². The lowest BCUT2D eigenvalue weighted by Crippen LogP contribution is -2.39. The number of fused-ring (bicyclic) bond motifs is 1. The molecule has 11 heteroatoms. The van der Waals surface area contributed by atoms with Gasteiger partial charge < -0.3 is 10.6 Å². The van der Waals surface area contributed by atoms with E-state index in [1.54, 1.807) is 18.5 Å². The summed E-state index contributed by atoms with van der Waals surface area (Å²) < 4.78 is 79.2. The molecule has 5 nitrogen and oxygen atoms in total. The Morgan fingerprint density at radius 1 is 0.895 bits per heavy atom. The van der Waals surface area contributed by atoms with Crippen LogP contribution in [0.3, 0.4) is 0 Å². The molecule has 2 aromatic carbocycles. The molecule has 0 spiro atoms. The van der Waals surface area contributed by atoms with E-state index in [1.165, 1.54) is 0 Å². The van der Waals surface area contributed by atoms with Crippen molar-refractivity contribution in [2.24, 2.45) is 0 Å². The van der Waals surface area contributed by atoms with Gasteiger partial charge in [0, 0.05) is 38.6 Å². The van der Waals surface area contributed by atoms with Gasteiger partial charge in [0.1, 0.15) is 6.04 Å². The summed E-state index contributed by atoms with van der Waals surface area (Å²) in [6.45, 7) is 1.86. The predicted molar refractivity (Wildman–Crippen MR) is 129 cm³/mol. The van der Waals surface area contributed by atoms with Crippen LogP contribution in [0.25, 0.3) is 0 Å². The second kappa shape index (κ2) is 11.5. The van der Waals surface area contributed by atoms with Crippen molar-refractivity contribution in [1.29, 1.82) is 0 Å². The number of aromatic nitrogens is 1. The van der Waals surface area contributed by atoms with Gasteiger partial charge in [-0.15, -0.1) is 0 Å². The van der Waals surface area contributed by atoms with Crippen molar-refractivity contribution in [3.8, 4) is 0 Å². The zero-order valence-corrected chi connectivity index (χ0v) is 20.2. The van der Waals surface area contributed by atoms with Crippen molar-refractivity contribution in [2.45, 2.75) is 37.9 Å². The fourth-order valence-corrected chi connectivity index (χ4v) is 4.50. The smallest absolute Gasteiger partial charge is 0.350 e. The summed E-state index contributed by atoms with van der Waals surface area (Å²) in [5, 5.41) is 5.89. The van der Waals surface area contributed by atoms with E-state index in [1.807, 2.05) is 35.2 Å². The minimum atomic E-state index is -4.95. The van der Waals surface area contributed by atoms with Gasteiger partial charge in [-0.2, -0.15) is 26.3 Å². The summed E-state index contributed by atoms with van der Waals surface area (Å²) in [6, 6.07) is 11.8. The first-order chi connectivity index (χ1) is 18.0. The Hall–Kier alpha value is -3.44. The summed E-state index contributed by atoms with van der Waals surface area (Å²) in [5.41, 5.74) is -0.258. The number of amides is 1. The molecule has 1 aliphatic heterocycles. The lowest BCUT2D eigenvalue weighted by molar-refractivity contribution is -0.143. The number of rotatable bonds is 9. The summed E-state index contributed by atoms with van der Waals surface area (Å²) in [7, 11) is 0. The van der Waals surface area contributed by atoms with Crippen LogP contribution in [-0.4, -0.2) is 35.4 Å². The lowest BCUT2D eigenvalue weighted by Gasteiger charge is -2.24. The number of alkyl halides is 6. The van der Waals surface area contributed by atoms with Crippen LogP contribution >= 0.6 is 0 Å². The maximum Gasteiger partial charge on any atom is 0.416 e. The second-order valence-electron chi connectivity index (χ2n) is 9.06. The molecule has 0 bridgehead atoms. The highest BCUT2D eigenvalue weighted by molar-refractivity contribution is 5.84. The summed E-state index contributed by atoms with van der Waals surface area (Å²) in [6.07, 6.45) is -5.65. The maximum atomic E-state index is 13.2. The molecule has 2 heterocycles. The van der Waals surface area contributed by atoms with Crippen molar-refractivity contribution in [1.82, 2.24) is 20.5 Å². The monoisotopic (exact) mass is 536 g/mol. The van der Waals surface area contributed by atoms with Gasteiger partial charge in [-0.1, -0.05) is 24.3 Å². The average Bonchev–Trinajstić information content (AvgIpc) is 3.25. The van der Waals surface area contributed by atoms with Crippen LogP contribution in [0.2, 0.25) is 0 Å². The highest BCUT2D eigenvalue weighted by Gasteiger charge is 2.38. The molecule has 0 fully saturated rings. The summed E-state index contributed by atoms with van der Waals surface area (Å²) in [4.78, 5) is 19.1. The molecule has 2 N–H and O–H groups in total. The van der Waals surface area contributed by atoms with Gasteiger partial charge in [-0.3, -0.25) is 14.7 Å². The Morgan fingerprint density at radius 2 is 1.55 bits per heavy atom. The lowest BCUT2D eigenvalue weighted by atomic mass is 10.0. The number of halogens is 6. The van der Waals surface area contributed by atoms with Crippen LogP contribution in [0.15, 0.2) is 67.0 Å². The number of hydrogen-bond acceptors (Lipinski definition) is 4. The van der Waals surface area contributed by atoms with E-state index in [0.717, 1.165) is 29.7 Å². The number of carbonyl (C=O) groups is 1. The Morgan fingerprint density at radius 3 is 2.21 bits per heavy atom. The quantitative estimate of drug-likeness (QED) is 0.294. The molecule has 1 aliphatic rings. The van der Waals surface area contributed by atoms with Gasteiger partial charge in [0.25, 0.3) is 0 Å². The molecule has 1 atom stereocenters. The minimum absolute atomic E-state index is 0.0714. The van der Waals surface area contributed by atoms with Gasteiger partial charge in [-0.05, 0) is 65.6 Å². The Labute approximate surface area is 215 Å². The molecule has 0 saturated heterocycles. The van der Waals surface area contributed by atoms with Gasteiger partial charge in [0.05, 0.1) is 11.1 Å². The molecule has 1 aromatic heterocycles. The summed E-state index contributed by atoms with van der Waals surface area (Å²) >= 11 is 0. The molecule has 1 amide bonds. The fourth-order valence-electron chi connectivity index (χ4n) is 4.50. The highest BCUT2D eigenvalue weighted by atomic mass is 19.4. The molecular weight excluding hydrogens is 510 g/mol. The van der Waals surface area contributed by atoms with Crippen LogP contribution < -0.4 is 10.6 Å². The SMILES string of the molecule is O=C(NCc1cc(C(F)(F)F)cc(C(F)(F)F)c1)C1c2ccccc2CN1CCNCCc1ccncc1.